The molecular formula is C16H19FN2O2S. The number of benzene rings is 1. The maximum atomic E-state index is 13.0. The zero-order chi connectivity index (χ0) is 16.0. The fourth-order valence-corrected chi connectivity index (χ4v) is 3.50. The van der Waals surface area contributed by atoms with Crippen LogP contribution in [0.25, 0.3) is 0 Å². The van der Waals surface area contributed by atoms with Crippen LogP contribution in [0, 0.1) is 12.7 Å². The zero-order valence-corrected chi connectivity index (χ0v) is 13.2. The summed E-state index contributed by atoms with van der Waals surface area (Å²) in [5, 5.41) is 0. The van der Waals surface area contributed by atoms with Crippen LogP contribution in [0.2, 0.25) is 0 Å². The summed E-state index contributed by atoms with van der Waals surface area (Å²) in [7, 11) is -3.58. The predicted octanol–water partition coefficient (Wildman–Crippen LogP) is 2.83. The SMILES string of the molecule is Cc1cc(F)ccc1S(=O)(=O)NCCCCc1cccnc1. The Balaban J connectivity index is 1.83. The topological polar surface area (TPSA) is 59.1 Å². The van der Waals surface area contributed by atoms with E-state index >= 15 is 0 Å². The van der Waals surface area contributed by atoms with E-state index in [9.17, 15) is 12.8 Å². The minimum atomic E-state index is -3.58. The first-order valence-electron chi connectivity index (χ1n) is 7.14. The van der Waals surface area contributed by atoms with Gasteiger partial charge in [-0.1, -0.05) is 6.07 Å². The molecule has 0 amide bonds. The number of unbranched alkanes of at least 4 members (excludes halogenated alkanes) is 1. The molecule has 2 rings (SSSR count). The molecule has 22 heavy (non-hydrogen) atoms. The van der Waals surface area contributed by atoms with Gasteiger partial charge < -0.3 is 0 Å². The van der Waals surface area contributed by atoms with Crippen molar-refractivity contribution >= 4 is 10.0 Å². The van der Waals surface area contributed by atoms with Crippen LogP contribution in [-0.2, 0) is 16.4 Å². The van der Waals surface area contributed by atoms with Crippen LogP contribution < -0.4 is 4.72 Å². The Morgan fingerprint density at radius 3 is 2.73 bits per heavy atom. The molecule has 0 radical (unpaired) electrons. The Hall–Kier alpha value is -1.79. The summed E-state index contributed by atoms with van der Waals surface area (Å²) in [6.45, 7) is 1.94. The van der Waals surface area contributed by atoms with Crippen molar-refractivity contribution in [3.63, 3.8) is 0 Å². The number of aromatic nitrogens is 1. The second-order valence-electron chi connectivity index (χ2n) is 5.13. The van der Waals surface area contributed by atoms with Crippen molar-refractivity contribution in [3.05, 3.63) is 59.7 Å². The van der Waals surface area contributed by atoms with Crippen molar-refractivity contribution in [1.29, 1.82) is 0 Å². The lowest BCUT2D eigenvalue weighted by Crippen LogP contribution is -2.25. The molecule has 0 aliphatic carbocycles. The highest BCUT2D eigenvalue weighted by atomic mass is 32.2. The Labute approximate surface area is 130 Å². The van der Waals surface area contributed by atoms with Crippen molar-refractivity contribution in [2.75, 3.05) is 6.54 Å². The highest BCUT2D eigenvalue weighted by Crippen LogP contribution is 2.16. The molecule has 4 nitrogen and oxygen atoms in total. The average molecular weight is 322 g/mol. The molecule has 0 fully saturated rings. The molecule has 0 unspecified atom stereocenters. The van der Waals surface area contributed by atoms with E-state index < -0.39 is 15.8 Å². The van der Waals surface area contributed by atoms with E-state index in [1.54, 1.807) is 13.1 Å². The number of rotatable bonds is 7. The second kappa shape index (κ2) is 7.47. The molecule has 1 aromatic carbocycles. The van der Waals surface area contributed by atoms with Gasteiger partial charge in [0.2, 0.25) is 10.0 Å². The van der Waals surface area contributed by atoms with Gasteiger partial charge >= 0.3 is 0 Å². The van der Waals surface area contributed by atoms with Gasteiger partial charge in [-0.05, 0) is 61.6 Å². The molecule has 0 bridgehead atoms. The Kier molecular flexibility index (Phi) is 5.63. The third-order valence-electron chi connectivity index (χ3n) is 3.33. The molecule has 0 spiro atoms. The quantitative estimate of drug-likeness (QED) is 0.798. The predicted molar refractivity (Wildman–Crippen MR) is 83.5 cm³/mol. The van der Waals surface area contributed by atoms with E-state index in [-0.39, 0.29) is 4.90 Å². The molecule has 0 aliphatic heterocycles. The van der Waals surface area contributed by atoms with Crippen LogP contribution in [0.5, 0.6) is 0 Å². The number of nitrogens with zero attached hydrogens (tertiary/aromatic N) is 1. The van der Waals surface area contributed by atoms with Gasteiger partial charge in [0, 0.05) is 18.9 Å². The first-order valence-corrected chi connectivity index (χ1v) is 8.62. The molecule has 1 heterocycles. The summed E-state index contributed by atoms with van der Waals surface area (Å²) in [6.07, 6.45) is 6.00. The van der Waals surface area contributed by atoms with Crippen molar-refractivity contribution in [2.24, 2.45) is 0 Å². The van der Waals surface area contributed by atoms with Gasteiger partial charge in [0.25, 0.3) is 0 Å². The van der Waals surface area contributed by atoms with Crippen molar-refractivity contribution in [3.8, 4) is 0 Å². The molecule has 2 aromatic rings. The van der Waals surface area contributed by atoms with E-state index in [0.717, 1.165) is 30.9 Å². The monoisotopic (exact) mass is 322 g/mol. The van der Waals surface area contributed by atoms with E-state index in [1.165, 1.54) is 12.1 Å². The first-order chi connectivity index (χ1) is 10.5. The molecule has 0 atom stereocenters. The van der Waals surface area contributed by atoms with E-state index in [2.05, 4.69) is 9.71 Å². The van der Waals surface area contributed by atoms with Crippen molar-refractivity contribution in [1.82, 2.24) is 9.71 Å². The third kappa shape index (κ3) is 4.61. The molecular weight excluding hydrogens is 303 g/mol. The summed E-state index contributed by atoms with van der Waals surface area (Å²) in [5.41, 5.74) is 1.54. The van der Waals surface area contributed by atoms with Gasteiger partial charge in [-0.3, -0.25) is 4.98 Å². The Bertz CT molecular complexity index is 718. The number of pyridine rings is 1. The maximum Gasteiger partial charge on any atom is 0.240 e. The van der Waals surface area contributed by atoms with E-state index in [4.69, 9.17) is 0 Å². The largest absolute Gasteiger partial charge is 0.264 e. The zero-order valence-electron chi connectivity index (χ0n) is 12.4. The third-order valence-corrected chi connectivity index (χ3v) is 4.95. The summed E-state index contributed by atoms with van der Waals surface area (Å²) < 4.78 is 39.9. The maximum absolute atomic E-state index is 13.0. The minimum absolute atomic E-state index is 0.126. The second-order valence-corrected chi connectivity index (χ2v) is 6.86. The molecule has 6 heteroatoms. The van der Waals surface area contributed by atoms with E-state index in [0.29, 0.717) is 12.1 Å². The van der Waals surface area contributed by atoms with Crippen LogP contribution in [0.15, 0.2) is 47.6 Å². The van der Waals surface area contributed by atoms with Crippen LogP contribution in [0.4, 0.5) is 4.39 Å². The molecule has 1 N–H and O–H groups in total. The lowest BCUT2D eigenvalue weighted by molar-refractivity contribution is 0.575. The smallest absolute Gasteiger partial charge is 0.240 e. The molecule has 0 saturated carbocycles. The number of nitrogens with one attached hydrogen (secondary N) is 1. The van der Waals surface area contributed by atoms with Crippen LogP contribution in [0.3, 0.4) is 0 Å². The van der Waals surface area contributed by atoms with Gasteiger partial charge in [0.05, 0.1) is 4.90 Å². The highest BCUT2D eigenvalue weighted by Gasteiger charge is 2.16. The first kappa shape index (κ1) is 16.6. The summed E-state index contributed by atoms with van der Waals surface area (Å²) in [6, 6.07) is 7.55. The molecule has 0 saturated heterocycles. The summed E-state index contributed by atoms with van der Waals surface area (Å²) >= 11 is 0. The van der Waals surface area contributed by atoms with E-state index in [1.807, 2.05) is 18.3 Å². The van der Waals surface area contributed by atoms with Crippen LogP contribution in [0.1, 0.15) is 24.0 Å². The van der Waals surface area contributed by atoms with Crippen LogP contribution >= 0.6 is 0 Å². The van der Waals surface area contributed by atoms with Gasteiger partial charge in [-0.2, -0.15) is 0 Å². The van der Waals surface area contributed by atoms with Crippen molar-refractivity contribution < 1.29 is 12.8 Å². The van der Waals surface area contributed by atoms with Crippen molar-refractivity contribution in [2.45, 2.75) is 31.1 Å². The minimum Gasteiger partial charge on any atom is -0.264 e. The highest BCUT2D eigenvalue weighted by molar-refractivity contribution is 7.89. The fraction of sp³-hybridized carbons (Fsp3) is 0.312. The molecule has 1 aromatic heterocycles. The normalized spacial score (nSPS) is 11.5. The summed E-state index contributed by atoms with van der Waals surface area (Å²) in [5.74, 6) is -0.437. The van der Waals surface area contributed by atoms with Gasteiger partial charge in [-0.25, -0.2) is 17.5 Å². The van der Waals surface area contributed by atoms with Crippen LogP contribution in [-0.4, -0.2) is 19.9 Å². The van der Waals surface area contributed by atoms with Gasteiger partial charge in [0.15, 0.2) is 0 Å². The number of sulfonamides is 1. The fourth-order valence-electron chi connectivity index (χ4n) is 2.20. The Morgan fingerprint density at radius 1 is 1.23 bits per heavy atom. The standard InChI is InChI=1S/C16H19FN2O2S/c1-13-11-15(17)7-8-16(13)22(20,21)19-10-3-2-5-14-6-4-9-18-12-14/h4,6-9,11-12,19H,2-3,5,10H2,1H3. The molecule has 118 valence electrons. The molecule has 0 aliphatic rings. The number of hydrogen-bond donors (Lipinski definition) is 1. The van der Waals surface area contributed by atoms with Gasteiger partial charge in [0.1, 0.15) is 5.82 Å². The number of halogens is 1. The average Bonchev–Trinajstić information content (AvgIpc) is 2.47. The lowest BCUT2D eigenvalue weighted by atomic mass is 10.1. The number of aryl methyl sites for hydroxylation is 2. The summed E-state index contributed by atoms with van der Waals surface area (Å²) in [4.78, 5) is 4.16. The Morgan fingerprint density at radius 2 is 2.05 bits per heavy atom. The lowest BCUT2D eigenvalue weighted by Gasteiger charge is -2.09. The van der Waals surface area contributed by atoms with Gasteiger partial charge in [-0.15, -0.1) is 0 Å². The number of hydrogen-bond acceptors (Lipinski definition) is 3.